The fourth-order valence-corrected chi connectivity index (χ4v) is 6.49. The predicted octanol–water partition coefficient (Wildman–Crippen LogP) is 2.34. The minimum atomic E-state index is -3.59. The van der Waals surface area contributed by atoms with Crippen LogP contribution >= 0.6 is 22.7 Å². The van der Waals surface area contributed by atoms with Gasteiger partial charge in [-0.1, -0.05) is 11.3 Å². The number of nitrogens with one attached hydrogen (secondary N) is 1. The van der Waals surface area contributed by atoms with E-state index in [9.17, 15) is 18.0 Å². The average Bonchev–Trinajstić information content (AvgIpc) is 3.30. The van der Waals surface area contributed by atoms with E-state index in [2.05, 4.69) is 15.0 Å². The molecule has 0 radical (unpaired) electrons. The lowest BCUT2D eigenvalue weighted by Gasteiger charge is -2.30. The number of methoxy groups -OCH3 is 1. The third kappa shape index (κ3) is 4.37. The predicted molar refractivity (Wildman–Crippen MR) is 103 cm³/mol. The number of carbonyl (C=O) groups excluding carboxylic acids is 2. The quantitative estimate of drug-likeness (QED) is 0.732. The topological polar surface area (TPSA) is 106 Å². The summed E-state index contributed by atoms with van der Waals surface area (Å²) in [6.07, 6.45) is 2.53. The Kier molecular flexibility index (Phi) is 5.94. The van der Waals surface area contributed by atoms with Gasteiger partial charge in [-0.05, 0) is 31.9 Å². The van der Waals surface area contributed by atoms with Crippen molar-refractivity contribution in [3.63, 3.8) is 0 Å². The second-order valence-electron chi connectivity index (χ2n) is 6.08. The number of anilines is 1. The molecule has 2 aromatic heterocycles. The Bertz CT molecular complexity index is 950. The summed E-state index contributed by atoms with van der Waals surface area (Å²) in [4.78, 5) is 29.2. The first-order valence-electron chi connectivity index (χ1n) is 8.23. The highest BCUT2D eigenvalue weighted by molar-refractivity contribution is 7.91. The number of thiazole rings is 1. The second-order valence-corrected chi connectivity index (χ2v) is 10.6. The Morgan fingerprint density at radius 2 is 2.11 bits per heavy atom. The van der Waals surface area contributed by atoms with Crippen molar-refractivity contribution in [3.8, 4) is 0 Å². The zero-order chi connectivity index (χ0) is 19.6. The normalized spacial score (nSPS) is 18.2. The van der Waals surface area contributed by atoms with Gasteiger partial charge in [-0.25, -0.2) is 18.2 Å². The van der Waals surface area contributed by atoms with Crippen LogP contribution in [0.5, 0.6) is 0 Å². The number of ether oxygens (including phenoxy) is 1. The molecule has 0 aliphatic carbocycles. The van der Waals surface area contributed by atoms with Gasteiger partial charge in [0.1, 0.15) is 9.09 Å². The number of thiophene rings is 1. The number of amides is 1. The largest absolute Gasteiger partial charge is 0.465 e. The number of hydrogen-bond donors (Lipinski definition) is 1. The summed E-state index contributed by atoms with van der Waals surface area (Å²) in [6, 6.07) is 3.37. The maximum Gasteiger partial charge on any atom is 0.349 e. The molecule has 146 valence electrons. The molecule has 0 saturated carbocycles. The molecule has 3 rings (SSSR count). The maximum atomic E-state index is 12.8. The van der Waals surface area contributed by atoms with Crippen molar-refractivity contribution < 1.29 is 22.7 Å². The van der Waals surface area contributed by atoms with Crippen molar-refractivity contribution in [2.45, 2.75) is 24.0 Å². The molecule has 11 heteroatoms. The average molecular weight is 430 g/mol. The Labute approximate surface area is 165 Å². The number of aryl methyl sites for hydroxylation is 1. The molecule has 1 unspecified atom stereocenters. The monoisotopic (exact) mass is 429 g/mol. The van der Waals surface area contributed by atoms with Crippen LogP contribution in [0.25, 0.3) is 0 Å². The number of sulfonamides is 1. The van der Waals surface area contributed by atoms with Crippen LogP contribution in [0.2, 0.25) is 0 Å². The van der Waals surface area contributed by atoms with Crippen LogP contribution < -0.4 is 5.32 Å². The van der Waals surface area contributed by atoms with Gasteiger partial charge < -0.3 is 10.1 Å². The third-order valence-electron chi connectivity index (χ3n) is 4.19. The van der Waals surface area contributed by atoms with Gasteiger partial charge in [0.05, 0.1) is 19.2 Å². The van der Waals surface area contributed by atoms with Crippen molar-refractivity contribution in [2.24, 2.45) is 5.92 Å². The van der Waals surface area contributed by atoms with E-state index in [-0.39, 0.29) is 22.5 Å². The highest BCUT2D eigenvalue weighted by Crippen LogP contribution is 2.29. The fraction of sp³-hybridized carbons (Fsp3) is 0.438. The molecule has 0 bridgehead atoms. The minimum absolute atomic E-state index is 0.125. The van der Waals surface area contributed by atoms with Crippen molar-refractivity contribution in [3.05, 3.63) is 28.1 Å². The third-order valence-corrected chi connectivity index (χ3v) is 8.41. The first-order chi connectivity index (χ1) is 12.8. The van der Waals surface area contributed by atoms with Gasteiger partial charge >= 0.3 is 5.97 Å². The van der Waals surface area contributed by atoms with Crippen LogP contribution in [0.3, 0.4) is 0 Å². The molecular formula is C16H19N3O5S3. The summed E-state index contributed by atoms with van der Waals surface area (Å²) >= 11 is 2.24. The van der Waals surface area contributed by atoms with Gasteiger partial charge in [-0.3, -0.25) is 4.79 Å². The molecule has 1 atom stereocenters. The summed E-state index contributed by atoms with van der Waals surface area (Å²) in [5.74, 6) is -1.29. The molecule has 3 heterocycles. The number of aromatic nitrogens is 1. The first-order valence-corrected chi connectivity index (χ1v) is 11.3. The van der Waals surface area contributed by atoms with Gasteiger partial charge in [-0.15, -0.1) is 11.3 Å². The Morgan fingerprint density at radius 3 is 2.78 bits per heavy atom. The second kappa shape index (κ2) is 8.05. The minimum Gasteiger partial charge on any atom is -0.465 e. The first kappa shape index (κ1) is 19.9. The number of carbonyl (C=O) groups is 2. The standard InChI is InChI=1S/C16H19N3O5S3/c1-10-5-6-13(25-10)27(22,23)19-7-3-4-11(9-19)14(20)18-16-17-8-12(26-16)15(21)24-2/h5-6,8,11H,3-4,7,9H2,1-2H3,(H,17,18,20). The van der Waals surface area contributed by atoms with Gasteiger partial charge in [0, 0.05) is 18.0 Å². The molecular weight excluding hydrogens is 410 g/mol. The van der Waals surface area contributed by atoms with E-state index < -0.39 is 21.9 Å². The summed E-state index contributed by atoms with van der Waals surface area (Å²) in [5, 5.41) is 2.96. The van der Waals surface area contributed by atoms with Crippen molar-refractivity contribution in [1.82, 2.24) is 9.29 Å². The molecule has 1 N–H and O–H groups in total. The summed E-state index contributed by atoms with van der Waals surface area (Å²) in [6.45, 7) is 2.37. The lowest BCUT2D eigenvalue weighted by molar-refractivity contribution is -0.120. The van der Waals surface area contributed by atoms with Crippen LogP contribution in [0, 0.1) is 12.8 Å². The van der Waals surface area contributed by atoms with Crippen molar-refractivity contribution >= 4 is 49.7 Å². The van der Waals surface area contributed by atoms with E-state index in [1.807, 2.05) is 6.92 Å². The van der Waals surface area contributed by atoms with Crippen LogP contribution in [0.4, 0.5) is 5.13 Å². The number of esters is 1. The SMILES string of the molecule is COC(=O)c1cnc(NC(=O)C2CCCN(S(=O)(=O)c3ccc(C)s3)C2)s1. The zero-order valence-corrected chi connectivity index (χ0v) is 17.2. The van der Waals surface area contributed by atoms with E-state index in [1.165, 1.54) is 28.9 Å². The molecule has 27 heavy (non-hydrogen) atoms. The van der Waals surface area contributed by atoms with Crippen LogP contribution in [-0.2, 0) is 19.6 Å². The van der Waals surface area contributed by atoms with Crippen molar-refractivity contribution in [2.75, 3.05) is 25.5 Å². The molecule has 1 amide bonds. The molecule has 0 spiro atoms. The van der Waals surface area contributed by atoms with Gasteiger partial charge in [0.2, 0.25) is 5.91 Å². The Balaban J connectivity index is 1.68. The molecule has 0 aromatic carbocycles. The molecule has 2 aromatic rings. The summed E-state index contributed by atoms with van der Waals surface area (Å²) < 4.78 is 31.8. The number of rotatable bonds is 5. The lowest BCUT2D eigenvalue weighted by atomic mass is 9.99. The Hall–Kier alpha value is -1.82. The zero-order valence-electron chi connectivity index (χ0n) is 14.8. The van der Waals surface area contributed by atoms with E-state index in [4.69, 9.17) is 0 Å². The highest BCUT2D eigenvalue weighted by atomic mass is 32.2. The molecule has 8 nitrogen and oxygen atoms in total. The van der Waals surface area contributed by atoms with E-state index in [1.54, 1.807) is 12.1 Å². The molecule has 1 aliphatic heterocycles. The van der Waals surface area contributed by atoms with Crippen LogP contribution in [-0.4, -0.2) is 49.8 Å². The molecule has 1 fully saturated rings. The maximum absolute atomic E-state index is 12.8. The molecule has 1 aliphatic rings. The van der Waals surface area contributed by atoms with E-state index in [0.29, 0.717) is 23.6 Å². The van der Waals surface area contributed by atoms with Gasteiger partial charge in [0.15, 0.2) is 5.13 Å². The van der Waals surface area contributed by atoms with E-state index in [0.717, 1.165) is 16.2 Å². The van der Waals surface area contributed by atoms with Gasteiger partial charge in [0.25, 0.3) is 10.0 Å². The summed E-state index contributed by atoms with van der Waals surface area (Å²) in [5.41, 5.74) is 0. The van der Waals surface area contributed by atoms with Gasteiger partial charge in [-0.2, -0.15) is 4.31 Å². The molecule has 1 saturated heterocycles. The number of piperidine rings is 1. The smallest absolute Gasteiger partial charge is 0.349 e. The van der Waals surface area contributed by atoms with E-state index >= 15 is 0 Å². The van der Waals surface area contributed by atoms with Crippen LogP contribution in [0.15, 0.2) is 22.5 Å². The fourth-order valence-electron chi connectivity index (χ4n) is 2.79. The van der Waals surface area contributed by atoms with Crippen LogP contribution in [0.1, 0.15) is 27.4 Å². The lowest BCUT2D eigenvalue weighted by Crippen LogP contribution is -2.43. The highest BCUT2D eigenvalue weighted by Gasteiger charge is 2.34. The number of nitrogens with zero attached hydrogens (tertiary/aromatic N) is 2. The van der Waals surface area contributed by atoms with Crippen molar-refractivity contribution in [1.29, 1.82) is 0 Å². The number of hydrogen-bond acceptors (Lipinski definition) is 8. The summed E-state index contributed by atoms with van der Waals surface area (Å²) in [7, 11) is -2.32. The Morgan fingerprint density at radius 1 is 1.33 bits per heavy atom.